The van der Waals surface area contributed by atoms with Crippen molar-refractivity contribution in [3.63, 3.8) is 0 Å². The molecule has 0 atom stereocenters. The normalized spacial score (nSPS) is 28.4. The Morgan fingerprint density at radius 2 is 1.44 bits per heavy atom. The molecule has 0 unspecified atom stereocenters. The second-order valence-electron chi connectivity index (χ2n) is 8.76. The van der Waals surface area contributed by atoms with E-state index in [2.05, 4.69) is 25.7 Å². The first-order valence-corrected chi connectivity index (χ1v) is 11.1. The van der Waals surface area contributed by atoms with Crippen LogP contribution >= 0.6 is 0 Å². The molecule has 148 valence electrons. The Morgan fingerprint density at radius 1 is 0.852 bits per heavy atom. The van der Waals surface area contributed by atoms with Gasteiger partial charge < -0.3 is 0 Å². The summed E-state index contributed by atoms with van der Waals surface area (Å²) in [4.78, 5) is 0. The van der Waals surface area contributed by atoms with Gasteiger partial charge in [0.25, 0.3) is 0 Å². The molecule has 1 aromatic carbocycles. The standard InChI is InChI=1S/C25H34F2/c1-3-5-19-10-13-21(14-11-19)22-16-24(26)23(25(27)17-22)15-12-20-8-6-18(4-2)7-9-20/h16-21H,3-11,13-14H2,1-2H3/t18?,19-,20?,21-. The molecule has 0 bridgehead atoms. The molecule has 2 fully saturated rings. The van der Waals surface area contributed by atoms with Crippen molar-refractivity contribution >= 4 is 0 Å². The van der Waals surface area contributed by atoms with Crippen LogP contribution in [0.5, 0.6) is 0 Å². The third-order valence-electron chi connectivity index (χ3n) is 6.90. The minimum atomic E-state index is -0.476. The molecule has 27 heavy (non-hydrogen) atoms. The molecule has 0 nitrogen and oxygen atoms in total. The Bertz CT molecular complexity index is 642. The fourth-order valence-electron chi connectivity index (χ4n) is 5.03. The number of rotatable bonds is 4. The van der Waals surface area contributed by atoms with Gasteiger partial charge in [-0.05, 0) is 86.8 Å². The fourth-order valence-corrected chi connectivity index (χ4v) is 5.03. The van der Waals surface area contributed by atoms with Gasteiger partial charge in [0.1, 0.15) is 11.6 Å². The van der Waals surface area contributed by atoms with E-state index in [0.717, 1.165) is 43.1 Å². The zero-order chi connectivity index (χ0) is 19.2. The minimum Gasteiger partial charge on any atom is -0.206 e. The smallest absolute Gasteiger partial charge is 0.142 e. The average molecular weight is 373 g/mol. The lowest BCUT2D eigenvalue weighted by atomic mass is 9.77. The van der Waals surface area contributed by atoms with Crippen molar-refractivity contribution in [1.29, 1.82) is 0 Å². The monoisotopic (exact) mass is 372 g/mol. The Hall–Kier alpha value is -1.36. The van der Waals surface area contributed by atoms with Gasteiger partial charge in [-0.25, -0.2) is 8.78 Å². The summed E-state index contributed by atoms with van der Waals surface area (Å²) in [6.45, 7) is 4.46. The largest absolute Gasteiger partial charge is 0.206 e. The van der Waals surface area contributed by atoms with E-state index in [1.165, 1.54) is 44.9 Å². The van der Waals surface area contributed by atoms with E-state index in [4.69, 9.17) is 0 Å². The van der Waals surface area contributed by atoms with Gasteiger partial charge >= 0.3 is 0 Å². The van der Waals surface area contributed by atoms with Crippen molar-refractivity contribution in [3.05, 3.63) is 34.9 Å². The highest BCUT2D eigenvalue weighted by Gasteiger charge is 2.24. The average Bonchev–Trinajstić information content (AvgIpc) is 2.68. The van der Waals surface area contributed by atoms with Crippen LogP contribution in [0.25, 0.3) is 0 Å². The third-order valence-corrected chi connectivity index (χ3v) is 6.90. The number of halogens is 2. The second kappa shape index (κ2) is 9.72. The quantitative estimate of drug-likeness (QED) is 0.477. The lowest BCUT2D eigenvalue weighted by Crippen LogP contribution is -2.14. The first-order valence-electron chi connectivity index (χ1n) is 11.1. The highest BCUT2D eigenvalue weighted by Crippen LogP contribution is 2.38. The van der Waals surface area contributed by atoms with Gasteiger partial charge in [-0.15, -0.1) is 0 Å². The van der Waals surface area contributed by atoms with Crippen molar-refractivity contribution in [2.75, 3.05) is 0 Å². The summed E-state index contributed by atoms with van der Waals surface area (Å²) in [5, 5.41) is 0. The fraction of sp³-hybridized carbons (Fsp3) is 0.680. The summed E-state index contributed by atoms with van der Waals surface area (Å²) in [5.74, 6) is 7.24. The summed E-state index contributed by atoms with van der Waals surface area (Å²) >= 11 is 0. The van der Waals surface area contributed by atoms with Crippen molar-refractivity contribution in [2.24, 2.45) is 17.8 Å². The first kappa shape index (κ1) is 20.4. The van der Waals surface area contributed by atoms with Crippen LogP contribution < -0.4 is 0 Å². The van der Waals surface area contributed by atoms with Crippen LogP contribution in [0.4, 0.5) is 8.78 Å². The second-order valence-corrected chi connectivity index (χ2v) is 8.76. The lowest BCUT2D eigenvalue weighted by Gasteiger charge is -2.28. The van der Waals surface area contributed by atoms with Gasteiger partial charge in [0.15, 0.2) is 0 Å². The molecule has 0 aromatic heterocycles. The SMILES string of the molecule is CCC[C@H]1CC[C@H](c2cc(F)c(C#CC3CCC(CC)CC3)c(F)c2)CC1. The minimum absolute atomic E-state index is 0.0315. The van der Waals surface area contributed by atoms with Crippen molar-refractivity contribution in [3.8, 4) is 11.8 Å². The van der Waals surface area contributed by atoms with E-state index in [1.807, 2.05) is 0 Å². The molecule has 2 saturated carbocycles. The summed E-state index contributed by atoms with van der Waals surface area (Å²) in [6.07, 6.45) is 12.7. The molecule has 2 aliphatic carbocycles. The lowest BCUT2D eigenvalue weighted by molar-refractivity contribution is 0.307. The summed E-state index contributed by atoms with van der Waals surface area (Å²) < 4.78 is 29.2. The van der Waals surface area contributed by atoms with Crippen LogP contribution in [0.2, 0.25) is 0 Å². The molecule has 0 N–H and O–H groups in total. The maximum absolute atomic E-state index is 14.6. The van der Waals surface area contributed by atoms with E-state index in [-0.39, 0.29) is 5.56 Å². The summed E-state index contributed by atoms with van der Waals surface area (Å²) in [7, 11) is 0. The van der Waals surface area contributed by atoms with Crippen LogP contribution in [-0.2, 0) is 0 Å². The molecule has 2 aliphatic rings. The Labute approximate surface area is 164 Å². The zero-order valence-electron chi connectivity index (χ0n) is 17.0. The van der Waals surface area contributed by atoms with Gasteiger partial charge in [-0.3, -0.25) is 0 Å². The molecule has 0 aliphatic heterocycles. The molecule has 0 radical (unpaired) electrons. The van der Waals surface area contributed by atoms with Crippen molar-refractivity contribution in [1.82, 2.24) is 0 Å². The molecule has 0 saturated heterocycles. The number of benzene rings is 1. The van der Waals surface area contributed by atoms with Gasteiger partial charge in [-0.1, -0.05) is 45.0 Å². The van der Waals surface area contributed by atoms with Crippen LogP contribution in [0, 0.1) is 41.2 Å². The van der Waals surface area contributed by atoms with E-state index in [0.29, 0.717) is 11.8 Å². The molecule has 1 aromatic rings. The number of hydrogen-bond donors (Lipinski definition) is 0. The van der Waals surface area contributed by atoms with E-state index in [1.54, 1.807) is 12.1 Å². The Balaban J connectivity index is 1.65. The maximum atomic E-state index is 14.6. The van der Waals surface area contributed by atoms with Crippen LogP contribution in [0.3, 0.4) is 0 Å². The first-order chi connectivity index (χ1) is 13.1. The topological polar surface area (TPSA) is 0 Å². The van der Waals surface area contributed by atoms with Gasteiger partial charge in [0, 0.05) is 5.92 Å². The predicted molar refractivity (Wildman–Crippen MR) is 109 cm³/mol. The van der Waals surface area contributed by atoms with Gasteiger partial charge in [-0.2, -0.15) is 0 Å². The molecule has 2 heteroatoms. The Kier molecular flexibility index (Phi) is 7.33. The Morgan fingerprint density at radius 3 is 2.00 bits per heavy atom. The summed E-state index contributed by atoms with van der Waals surface area (Å²) in [5.41, 5.74) is 0.796. The van der Waals surface area contributed by atoms with Crippen molar-refractivity contribution in [2.45, 2.75) is 90.4 Å². The predicted octanol–water partition coefficient (Wildman–Crippen LogP) is 7.61. The van der Waals surface area contributed by atoms with Crippen LogP contribution in [0.15, 0.2) is 12.1 Å². The molecular formula is C25H34F2. The van der Waals surface area contributed by atoms with Gasteiger partial charge in [0.05, 0.1) is 5.56 Å². The molecular weight excluding hydrogens is 338 g/mol. The van der Waals surface area contributed by atoms with Gasteiger partial charge in [0.2, 0.25) is 0 Å². The molecule has 0 amide bonds. The molecule has 0 spiro atoms. The molecule has 0 heterocycles. The van der Waals surface area contributed by atoms with E-state index < -0.39 is 11.6 Å². The van der Waals surface area contributed by atoms with Crippen LogP contribution in [-0.4, -0.2) is 0 Å². The van der Waals surface area contributed by atoms with E-state index >= 15 is 0 Å². The van der Waals surface area contributed by atoms with E-state index in [9.17, 15) is 8.78 Å². The number of hydrogen-bond acceptors (Lipinski definition) is 0. The van der Waals surface area contributed by atoms with Crippen LogP contribution in [0.1, 0.15) is 102 Å². The zero-order valence-corrected chi connectivity index (χ0v) is 17.0. The highest BCUT2D eigenvalue weighted by molar-refractivity contribution is 5.40. The highest BCUT2D eigenvalue weighted by atomic mass is 19.1. The maximum Gasteiger partial charge on any atom is 0.142 e. The summed E-state index contributed by atoms with van der Waals surface area (Å²) in [6, 6.07) is 3.10. The molecule has 3 rings (SSSR count). The van der Waals surface area contributed by atoms with Crippen molar-refractivity contribution < 1.29 is 8.78 Å². The third kappa shape index (κ3) is 5.34.